The first-order chi connectivity index (χ1) is 6.18. The molecule has 1 aliphatic carbocycles. The Kier molecular flexibility index (Phi) is 4.16. The maximum absolute atomic E-state index is 11.2. The lowest BCUT2D eigenvalue weighted by Gasteiger charge is -2.09. The van der Waals surface area contributed by atoms with Gasteiger partial charge < -0.3 is 4.74 Å². The topological polar surface area (TPSA) is 26.3 Å². The molecule has 0 amide bonds. The quantitative estimate of drug-likeness (QED) is 0.670. The summed E-state index contributed by atoms with van der Waals surface area (Å²) in [6, 6.07) is 0. The van der Waals surface area contributed by atoms with Crippen LogP contribution in [0.5, 0.6) is 0 Å². The van der Waals surface area contributed by atoms with E-state index in [4.69, 9.17) is 4.74 Å². The van der Waals surface area contributed by atoms with E-state index in [1.807, 2.05) is 13.8 Å². The minimum atomic E-state index is 0.249. The van der Waals surface area contributed by atoms with Crippen molar-refractivity contribution < 1.29 is 9.53 Å². The van der Waals surface area contributed by atoms with Crippen molar-refractivity contribution in [2.45, 2.75) is 45.6 Å². The summed E-state index contributed by atoms with van der Waals surface area (Å²) in [6.07, 6.45) is 5.91. The maximum Gasteiger partial charge on any atom is 0.155 e. The molecule has 0 saturated heterocycles. The summed E-state index contributed by atoms with van der Waals surface area (Å²) in [5.74, 6) is 0.264. The fourth-order valence-corrected chi connectivity index (χ4v) is 1.41. The first-order valence-electron chi connectivity index (χ1n) is 5.02. The van der Waals surface area contributed by atoms with Crippen molar-refractivity contribution in [3.63, 3.8) is 0 Å². The van der Waals surface area contributed by atoms with Gasteiger partial charge in [-0.15, -0.1) is 0 Å². The number of allylic oxidation sites excluding steroid dienone is 1. The Bertz CT molecular complexity index is 204. The van der Waals surface area contributed by atoms with Crippen LogP contribution in [0.1, 0.15) is 39.5 Å². The van der Waals surface area contributed by atoms with Gasteiger partial charge in [0.05, 0.1) is 12.7 Å². The third kappa shape index (κ3) is 4.23. The lowest BCUT2D eigenvalue weighted by atomic mass is 10.1. The molecule has 74 valence electrons. The molecule has 1 rings (SSSR count). The predicted octanol–water partition coefficient (Wildman–Crippen LogP) is 2.48. The average Bonchev–Trinajstić information content (AvgIpc) is 2.26. The molecule has 0 aromatic heterocycles. The van der Waals surface area contributed by atoms with Crippen LogP contribution in [-0.4, -0.2) is 18.5 Å². The molecular formula is C11H18O2. The van der Waals surface area contributed by atoms with Crippen molar-refractivity contribution in [3.05, 3.63) is 11.6 Å². The van der Waals surface area contributed by atoms with Gasteiger partial charge in [0.1, 0.15) is 0 Å². The highest BCUT2D eigenvalue weighted by atomic mass is 16.5. The number of carbonyl (C=O) groups is 1. The summed E-state index contributed by atoms with van der Waals surface area (Å²) in [5, 5.41) is 0. The zero-order valence-electron chi connectivity index (χ0n) is 8.51. The normalized spacial score (nSPS) is 18.7. The van der Waals surface area contributed by atoms with Crippen molar-refractivity contribution in [2.24, 2.45) is 0 Å². The van der Waals surface area contributed by atoms with E-state index in [0.29, 0.717) is 13.0 Å². The molecule has 0 saturated carbocycles. The number of ketones is 1. The highest BCUT2D eigenvalue weighted by Crippen LogP contribution is 2.15. The third-order valence-corrected chi connectivity index (χ3v) is 2.14. The van der Waals surface area contributed by atoms with Gasteiger partial charge in [0.25, 0.3) is 0 Å². The summed E-state index contributed by atoms with van der Waals surface area (Å²) < 4.78 is 5.46. The van der Waals surface area contributed by atoms with Crippen LogP contribution in [0.15, 0.2) is 11.6 Å². The molecule has 0 heterocycles. The van der Waals surface area contributed by atoms with Crippen LogP contribution < -0.4 is 0 Å². The molecule has 0 fully saturated rings. The zero-order valence-corrected chi connectivity index (χ0v) is 8.51. The molecule has 13 heavy (non-hydrogen) atoms. The second-order valence-corrected chi connectivity index (χ2v) is 3.84. The number of carbonyl (C=O) groups excluding carboxylic acids is 1. The zero-order chi connectivity index (χ0) is 9.68. The fourth-order valence-electron chi connectivity index (χ4n) is 1.41. The Morgan fingerprint density at radius 1 is 1.38 bits per heavy atom. The second-order valence-electron chi connectivity index (χ2n) is 3.84. The van der Waals surface area contributed by atoms with E-state index < -0.39 is 0 Å². The van der Waals surface area contributed by atoms with Crippen LogP contribution >= 0.6 is 0 Å². The molecule has 0 aromatic rings. The van der Waals surface area contributed by atoms with Gasteiger partial charge in [0.2, 0.25) is 0 Å². The van der Waals surface area contributed by atoms with Gasteiger partial charge in [-0.25, -0.2) is 0 Å². The molecule has 0 radical (unpaired) electrons. The molecule has 0 aromatic carbocycles. The smallest absolute Gasteiger partial charge is 0.155 e. The summed E-state index contributed by atoms with van der Waals surface area (Å²) in [4.78, 5) is 11.2. The largest absolute Gasteiger partial charge is 0.374 e. The van der Waals surface area contributed by atoms with Gasteiger partial charge >= 0.3 is 0 Å². The van der Waals surface area contributed by atoms with Crippen molar-refractivity contribution in [1.82, 2.24) is 0 Å². The summed E-state index contributed by atoms with van der Waals surface area (Å²) in [5.41, 5.74) is 1.16. The van der Waals surface area contributed by atoms with Crippen molar-refractivity contribution in [1.29, 1.82) is 0 Å². The first kappa shape index (κ1) is 10.5. The highest BCUT2D eigenvalue weighted by Gasteiger charge is 2.08. The molecule has 0 aliphatic heterocycles. The van der Waals surface area contributed by atoms with Crippen molar-refractivity contribution >= 4 is 5.78 Å². The maximum atomic E-state index is 11.2. The Hall–Kier alpha value is -0.630. The first-order valence-corrected chi connectivity index (χ1v) is 5.02. The molecular weight excluding hydrogens is 164 g/mol. The van der Waals surface area contributed by atoms with Crippen LogP contribution in [0.25, 0.3) is 0 Å². The molecule has 0 bridgehead atoms. The SMILES string of the molecule is CC(C)OCC1=CC(=O)CCCC1. The summed E-state index contributed by atoms with van der Waals surface area (Å²) in [6.45, 7) is 4.65. The Morgan fingerprint density at radius 3 is 2.77 bits per heavy atom. The Balaban J connectivity index is 2.41. The van der Waals surface area contributed by atoms with Crippen molar-refractivity contribution in [3.8, 4) is 0 Å². The Morgan fingerprint density at radius 2 is 2.08 bits per heavy atom. The van der Waals surface area contributed by atoms with Crippen LogP contribution in [0.4, 0.5) is 0 Å². The molecule has 2 heteroatoms. The molecule has 0 spiro atoms. The molecule has 2 nitrogen and oxygen atoms in total. The van der Waals surface area contributed by atoms with Crippen LogP contribution in [0, 0.1) is 0 Å². The highest BCUT2D eigenvalue weighted by molar-refractivity contribution is 5.90. The van der Waals surface area contributed by atoms with E-state index in [2.05, 4.69) is 0 Å². The van der Waals surface area contributed by atoms with Crippen LogP contribution in [0.3, 0.4) is 0 Å². The lowest BCUT2D eigenvalue weighted by Crippen LogP contribution is -2.06. The van der Waals surface area contributed by atoms with Gasteiger partial charge in [-0.1, -0.05) is 0 Å². The third-order valence-electron chi connectivity index (χ3n) is 2.14. The van der Waals surface area contributed by atoms with E-state index in [9.17, 15) is 4.79 Å². The lowest BCUT2D eigenvalue weighted by molar-refractivity contribution is -0.114. The molecule has 0 atom stereocenters. The molecule has 1 aliphatic rings. The molecule has 0 N–H and O–H groups in total. The standard InChI is InChI=1S/C11H18O2/c1-9(2)13-8-10-5-3-4-6-11(12)7-10/h7,9H,3-6,8H2,1-2H3. The number of hydrogen-bond donors (Lipinski definition) is 0. The monoisotopic (exact) mass is 182 g/mol. The van der Waals surface area contributed by atoms with Gasteiger partial charge in [0.15, 0.2) is 5.78 Å². The predicted molar refractivity (Wildman–Crippen MR) is 52.6 cm³/mol. The summed E-state index contributed by atoms with van der Waals surface area (Å²) in [7, 11) is 0. The van der Waals surface area contributed by atoms with Gasteiger partial charge in [-0.3, -0.25) is 4.79 Å². The minimum absolute atomic E-state index is 0.249. The summed E-state index contributed by atoms with van der Waals surface area (Å²) >= 11 is 0. The number of ether oxygens (including phenoxy) is 1. The van der Waals surface area contributed by atoms with E-state index in [1.165, 1.54) is 0 Å². The number of rotatable bonds is 3. The number of hydrogen-bond acceptors (Lipinski definition) is 2. The fraction of sp³-hybridized carbons (Fsp3) is 0.727. The Labute approximate surface area is 80.0 Å². The van der Waals surface area contributed by atoms with Gasteiger partial charge in [0, 0.05) is 6.42 Å². The van der Waals surface area contributed by atoms with Crippen molar-refractivity contribution in [2.75, 3.05) is 6.61 Å². The van der Waals surface area contributed by atoms with Gasteiger partial charge in [-0.2, -0.15) is 0 Å². The van der Waals surface area contributed by atoms with E-state index in [-0.39, 0.29) is 11.9 Å². The van der Waals surface area contributed by atoms with Gasteiger partial charge in [-0.05, 0) is 44.8 Å². The molecule has 0 unspecified atom stereocenters. The van der Waals surface area contributed by atoms with E-state index >= 15 is 0 Å². The average molecular weight is 182 g/mol. The van der Waals surface area contributed by atoms with E-state index in [1.54, 1.807) is 6.08 Å². The second kappa shape index (κ2) is 5.18. The van der Waals surface area contributed by atoms with Crippen LogP contribution in [-0.2, 0) is 9.53 Å². The van der Waals surface area contributed by atoms with E-state index in [0.717, 1.165) is 24.8 Å². The van der Waals surface area contributed by atoms with Crippen LogP contribution in [0.2, 0.25) is 0 Å². The minimum Gasteiger partial charge on any atom is -0.374 e.